The first-order chi connectivity index (χ1) is 63.0. The Balaban J connectivity index is 0.860. The van der Waals surface area contributed by atoms with E-state index in [4.69, 9.17) is 9.97 Å². The van der Waals surface area contributed by atoms with Crippen LogP contribution in [0.15, 0.2) is 535 Å². The van der Waals surface area contributed by atoms with E-state index in [0.29, 0.717) is 5.82 Å². The highest BCUT2D eigenvalue weighted by Crippen LogP contribution is 2.73. The zero-order valence-corrected chi connectivity index (χ0v) is 73.5. The van der Waals surface area contributed by atoms with Gasteiger partial charge in [0.2, 0.25) is 0 Å². The van der Waals surface area contributed by atoms with Crippen LogP contribution in [0.4, 0.5) is 0 Å². The standard InChI is InChI=1S/C118H85N5SSi3/c1-13-44-88(45-14-1)124(89-46-15-2-16-47-89,90-48-17-3-18-49-90)91-72-76-112-106(81-91)107-82-101(125(92-50-19-4-20-51-92,93-52-21-5-22-53-93)94-54-23-6-24-55-94)73-77-113(107)122(112)116-85-117(120-118(119-116)86-42-41-43-87(80-86)121-110-70-39-37-68-104(110)105-69-38-40-71-111(105)121)123-114-78-74-102(126(95-56-25-7-26-57-95,96-58-27-8-28-59-96)97-60-29-9-30-61-97)83-108(114)109-84-103(75-79-115(109)123)127(98-62-31-10-32-63-98,99-64-33-11-34-65-99)100-66-35-12-36-67-100/h1-85H. The van der Waals surface area contributed by atoms with Gasteiger partial charge in [-0.05, 0) is 159 Å². The average molecular weight is 1690 g/mol. The normalized spacial score (nSPS) is 12.2. The van der Waals surface area contributed by atoms with E-state index in [2.05, 4.69) is 529 Å². The Labute approximate surface area is 743 Å². The summed E-state index contributed by atoms with van der Waals surface area (Å²) < 4.78 is 7.34. The van der Waals surface area contributed by atoms with Crippen molar-refractivity contribution >= 4 is 162 Å². The van der Waals surface area contributed by atoms with Crippen molar-refractivity contribution in [2.75, 3.05) is 0 Å². The molecule has 0 unspecified atom stereocenters. The zero-order chi connectivity index (χ0) is 84.3. The second kappa shape index (κ2) is 32.1. The minimum atomic E-state index is -3.17. The van der Waals surface area contributed by atoms with E-state index in [1.54, 1.807) is 0 Å². The fraction of sp³-hybridized carbons (Fsp3) is 0. The number of rotatable bonds is 20. The third-order valence-corrected chi connectivity index (χ3v) is 44.6. The van der Waals surface area contributed by atoms with Crippen molar-refractivity contribution in [3.8, 4) is 28.7 Å². The van der Waals surface area contributed by atoms with Gasteiger partial charge in [-0.25, -0.2) is 9.97 Å². The largest absolute Gasteiger partial charge is 0.309 e. The molecule has 600 valence electrons. The van der Waals surface area contributed by atoms with E-state index in [-0.39, 0.29) is 0 Å². The maximum Gasteiger partial charge on any atom is 0.179 e. The average Bonchev–Trinajstić information content (AvgIpc) is 1.58. The molecule has 4 heterocycles. The summed E-state index contributed by atoms with van der Waals surface area (Å²) in [5.74, 6) is 2.03. The number of fused-ring (bicyclic) bond motifs is 9. The van der Waals surface area contributed by atoms with Gasteiger partial charge in [0.1, 0.15) is 11.6 Å². The Kier molecular flexibility index (Phi) is 19.3. The molecule has 19 aromatic carbocycles. The van der Waals surface area contributed by atoms with Gasteiger partial charge in [0.05, 0.1) is 33.1 Å². The molecule has 0 N–H and O–H groups in total. The molecule has 0 saturated heterocycles. The number of aromatic nitrogens is 5. The van der Waals surface area contributed by atoms with Crippen LogP contribution in [0.3, 0.4) is 0 Å². The van der Waals surface area contributed by atoms with Crippen LogP contribution in [0.5, 0.6) is 0 Å². The molecule has 0 radical (unpaired) electrons. The molecule has 0 spiro atoms. The lowest BCUT2D eigenvalue weighted by molar-refractivity contribution is 0.993. The molecule has 0 aliphatic carbocycles. The fourth-order valence-corrected chi connectivity index (χ4v) is 39.3. The van der Waals surface area contributed by atoms with Gasteiger partial charge in [-0.3, -0.25) is 9.13 Å². The number of hydrogen-bond acceptors (Lipinski definition) is 2. The smallest absolute Gasteiger partial charge is 0.179 e. The quantitative estimate of drug-likeness (QED) is 0.0564. The van der Waals surface area contributed by atoms with Crippen molar-refractivity contribution in [3.05, 3.63) is 516 Å². The van der Waals surface area contributed by atoms with Crippen LogP contribution in [-0.4, -0.2) is 47.9 Å². The van der Waals surface area contributed by atoms with Crippen LogP contribution in [0.2, 0.25) is 0 Å². The summed E-state index contributed by atoms with van der Waals surface area (Å²) in [6.45, 7) is 0. The van der Waals surface area contributed by atoms with Crippen LogP contribution in [-0.2, 0) is 0 Å². The fourth-order valence-electron chi connectivity index (χ4n) is 21.1. The molecule has 23 rings (SSSR count). The van der Waals surface area contributed by atoms with Gasteiger partial charge in [-0.1, -0.05) is 413 Å². The molecule has 5 nitrogen and oxygen atoms in total. The summed E-state index contributed by atoms with van der Waals surface area (Å²) in [4.78, 5) is 17.3. The number of para-hydroxylation sites is 2. The first kappa shape index (κ1) is 76.5. The first-order valence-corrected chi connectivity index (χ1v) is 51.3. The molecule has 127 heavy (non-hydrogen) atoms. The van der Waals surface area contributed by atoms with Gasteiger partial charge in [0, 0.05) is 69.2 Å². The predicted octanol–water partition coefficient (Wildman–Crippen LogP) is 20.9. The van der Waals surface area contributed by atoms with Crippen LogP contribution in [0, 0.1) is 0 Å². The Hall–Kier alpha value is -15.3. The van der Waals surface area contributed by atoms with Crippen LogP contribution in [0.25, 0.3) is 94.1 Å². The first-order valence-electron chi connectivity index (χ1n) is 43.7. The van der Waals surface area contributed by atoms with Gasteiger partial charge >= 0.3 is 0 Å². The molecule has 0 fully saturated rings. The minimum absolute atomic E-state index is 0.582. The van der Waals surface area contributed by atoms with Crippen molar-refractivity contribution in [1.82, 2.24) is 23.7 Å². The Morgan fingerprint density at radius 2 is 0.417 bits per heavy atom. The molecule has 0 amide bonds. The number of benzene rings is 19. The third kappa shape index (κ3) is 12.4. The highest BCUT2D eigenvalue weighted by molar-refractivity contribution is 8.34. The van der Waals surface area contributed by atoms with E-state index < -0.39 is 34.2 Å². The summed E-state index contributed by atoms with van der Waals surface area (Å²) in [6.07, 6.45) is 0. The number of nitrogens with zero attached hydrogens (tertiary/aromatic N) is 5. The van der Waals surface area contributed by atoms with E-state index in [9.17, 15) is 0 Å². The summed E-state index contributed by atoms with van der Waals surface area (Å²) in [6, 6.07) is 194. The molecular formula is C118H85N5SSi3. The molecule has 4 aromatic heterocycles. The highest BCUT2D eigenvalue weighted by atomic mass is 32.3. The maximum absolute atomic E-state index is 6.14. The molecule has 23 aromatic rings. The lowest BCUT2D eigenvalue weighted by atomic mass is 10.1. The van der Waals surface area contributed by atoms with Gasteiger partial charge in [-0.2, -0.15) is 0 Å². The molecule has 0 bridgehead atoms. The van der Waals surface area contributed by atoms with E-state index in [0.717, 1.165) is 77.5 Å². The summed E-state index contributed by atoms with van der Waals surface area (Å²) in [5, 5.41) is 22.4. The van der Waals surface area contributed by atoms with Gasteiger partial charge in [0.25, 0.3) is 0 Å². The van der Waals surface area contributed by atoms with Gasteiger partial charge < -0.3 is 4.57 Å². The molecule has 0 atom stereocenters. The Bertz CT molecular complexity index is 6770. The molecule has 0 aliphatic heterocycles. The molecule has 9 heteroatoms. The second-order valence-corrected chi connectivity index (χ2v) is 47.5. The van der Waals surface area contributed by atoms with Crippen LogP contribution >= 0.6 is 10.0 Å². The van der Waals surface area contributed by atoms with Gasteiger partial charge in [-0.15, -0.1) is 10.0 Å². The summed E-state index contributed by atoms with van der Waals surface area (Å²) >= 11 is 0. The van der Waals surface area contributed by atoms with Crippen molar-refractivity contribution in [3.63, 3.8) is 0 Å². The third-order valence-electron chi connectivity index (χ3n) is 26.4. The van der Waals surface area contributed by atoms with Crippen molar-refractivity contribution in [2.45, 2.75) is 19.6 Å². The molecule has 0 saturated carbocycles. The van der Waals surface area contributed by atoms with Crippen LogP contribution < -0.4 is 62.2 Å². The van der Waals surface area contributed by atoms with Crippen molar-refractivity contribution in [1.29, 1.82) is 0 Å². The van der Waals surface area contributed by atoms with E-state index in [1.807, 2.05) is 0 Å². The summed E-state index contributed by atoms with van der Waals surface area (Å²) in [5.41, 5.74) is 8.22. The van der Waals surface area contributed by atoms with E-state index in [1.165, 1.54) is 92.6 Å². The Morgan fingerprint density at radius 3 is 0.717 bits per heavy atom. The summed E-state index contributed by atoms with van der Waals surface area (Å²) in [7, 11) is -11.7. The maximum atomic E-state index is 6.14. The predicted molar refractivity (Wildman–Crippen MR) is 541 cm³/mol. The minimum Gasteiger partial charge on any atom is -0.309 e. The van der Waals surface area contributed by atoms with Crippen molar-refractivity contribution < 1.29 is 0 Å². The second-order valence-electron chi connectivity index (χ2n) is 33.0. The lowest BCUT2D eigenvalue weighted by Gasteiger charge is -2.42. The SMILES string of the molecule is c1ccc([Si](c2ccccc2)(c2ccccc2)c2ccc3c(c2)c2cc([Si](c4ccccc4)(c4ccccc4)c4ccccc4)ccc2n3-c2cc(-n3c4ccc([Si](c5ccccc5)(c5ccccc5)c5ccccc5)cc4c4cc(S(c5ccccc5)(c5ccccc5)c5ccccc5)ccc43)nc(-c3cccc(-n4c5ccccc5c5ccccc54)c3)n2)cc1. The lowest BCUT2D eigenvalue weighted by Crippen LogP contribution is -2.74. The van der Waals surface area contributed by atoms with E-state index >= 15 is 0 Å². The van der Waals surface area contributed by atoms with Crippen LogP contribution in [0.1, 0.15) is 0 Å². The monoisotopic (exact) mass is 1690 g/mol. The Morgan fingerprint density at radius 1 is 0.165 bits per heavy atom. The van der Waals surface area contributed by atoms with Crippen molar-refractivity contribution in [2.24, 2.45) is 0 Å². The zero-order valence-electron chi connectivity index (χ0n) is 69.7. The number of hydrogen-bond donors (Lipinski definition) is 0. The topological polar surface area (TPSA) is 40.6 Å². The molecule has 0 aliphatic rings. The molecular weight excluding hydrogens is 1600 g/mol. The van der Waals surface area contributed by atoms with Gasteiger partial charge in [0.15, 0.2) is 30.0 Å². The highest BCUT2D eigenvalue weighted by Gasteiger charge is 2.46.